The molecule has 0 aliphatic heterocycles. The van der Waals surface area contributed by atoms with E-state index in [1.807, 2.05) is 19.0 Å². The van der Waals surface area contributed by atoms with Gasteiger partial charge in [-0.2, -0.15) is 0 Å². The molecule has 0 aromatic carbocycles. The Kier molecular flexibility index (Phi) is 3.08. The molecular formula is C9H15N3O. The first-order valence-corrected chi connectivity index (χ1v) is 4.21. The lowest BCUT2D eigenvalue weighted by molar-refractivity contribution is 0.381. The van der Waals surface area contributed by atoms with Crippen molar-refractivity contribution in [2.24, 2.45) is 0 Å². The van der Waals surface area contributed by atoms with E-state index in [0.29, 0.717) is 12.2 Å². The Balaban J connectivity index is 2.78. The van der Waals surface area contributed by atoms with Gasteiger partial charge in [-0.3, -0.25) is 4.79 Å². The van der Waals surface area contributed by atoms with Gasteiger partial charge < -0.3 is 15.2 Å². The maximum absolute atomic E-state index is 11.4. The summed E-state index contributed by atoms with van der Waals surface area (Å²) in [5, 5.41) is 0. The van der Waals surface area contributed by atoms with Gasteiger partial charge in [0.15, 0.2) is 0 Å². The minimum absolute atomic E-state index is 0.107. The van der Waals surface area contributed by atoms with E-state index < -0.39 is 0 Å². The molecule has 0 amide bonds. The number of pyridine rings is 1. The lowest BCUT2D eigenvalue weighted by Crippen LogP contribution is -2.27. The van der Waals surface area contributed by atoms with Crippen LogP contribution in [0.4, 0.5) is 5.69 Å². The zero-order valence-corrected chi connectivity index (χ0v) is 8.03. The van der Waals surface area contributed by atoms with Crippen molar-refractivity contribution < 1.29 is 0 Å². The van der Waals surface area contributed by atoms with Crippen molar-refractivity contribution in [3.8, 4) is 0 Å². The van der Waals surface area contributed by atoms with Crippen molar-refractivity contribution >= 4 is 5.69 Å². The number of nitrogens with two attached hydrogens (primary N) is 1. The molecule has 0 fully saturated rings. The lowest BCUT2D eigenvalue weighted by Gasteiger charge is -2.11. The average Bonchev–Trinajstić information content (AvgIpc) is 2.07. The summed E-state index contributed by atoms with van der Waals surface area (Å²) in [6.45, 7) is 1.51. The van der Waals surface area contributed by atoms with Crippen LogP contribution >= 0.6 is 0 Å². The third-order valence-electron chi connectivity index (χ3n) is 1.84. The van der Waals surface area contributed by atoms with Gasteiger partial charge in [0.2, 0.25) is 0 Å². The number of likely N-dealkylation sites (N-methyl/N-ethyl adjacent to an activating group) is 1. The molecule has 1 aromatic heterocycles. The molecule has 0 aliphatic carbocycles. The Hall–Kier alpha value is -1.29. The highest BCUT2D eigenvalue weighted by atomic mass is 16.1. The van der Waals surface area contributed by atoms with E-state index in [-0.39, 0.29) is 5.56 Å². The SMILES string of the molecule is CN(C)CCn1cccc(N)c1=O. The number of aromatic nitrogens is 1. The molecule has 0 saturated heterocycles. The van der Waals surface area contributed by atoms with Crippen molar-refractivity contribution in [1.82, 2.24) is 9.47 Å². The van der Waals surface area contributed by atoms with E-state index in [4.69, 9.17) is 5.73 Å². The summed E-state index contributed by atoms with van der Waals surface area (Å²) in [5.41, 5.74) is 5.68. The van der Waals surface area contributed by atoms with E-state index in [0.717, 1.165) is 6.54 Å². The highest BCUT2D eigenvalue weighted by Crippen LogP contribution is 1.91. The molecule has 0 atom stereocenters. The molecule has 1 heterocycles. The van der Waals surface area contributed by atoms with Crippen molar-refractivity contribution in [2.45, 2.75) is 6.54 Å². The number of hydrogen-bond donors (Lipinski definition) is 1. The number of rotatable bonds is 3. The Bertz CT molecular complexity index is 330. The van der Waals surface area contributed by atoms with E-state index in [1.54, 1.807) is 22.9 Å². The van der Waals surface area contributed by atoms with Crippen molar-refractivity contribution in [2.75, 3.05) is 26.4 Å². The van der Waals surface area contributed by atoms with Crippen molar-refractivity contribution in [3.63, 3.8) is 0 Å². The molecule has 72 valence electrons. The van der Waals surface area contributed by atoms with Gasteiger partial charge in [-0.25, -0.2) is 0 Å². The fourth-order valence-electron chi connectivity index (χ4n) is 1.04. The number of hydrogen-bond acceptors (Lipinski definition) is 3. The fraction of sp³-hybridized carbons (Fsp3) is 0.444. The maximum Gasteiger partial charge on any atom is 0.273 e. The van der Waals surface area contributed by atoms with Crippen LogP contribution in [0.2, 0.25) is 0 Å². The van der Waals surface area contributed by atoms with Crippen molar-refractivity contribution in [1.29, 1.82) is 0 Å². The standard InChI is InChI=1S/C9H15N3O/c1-11(2)6-7-12-5-3-4-8(10)9(12)13/h3-5H,6-7,10H2,1-2H3. The molecule has 0 spiro atoms. The zero-order chi connectivity index (χ0) is 9.84. The van der Waals surface area contributed by atoms with Gasteiger partial charge in [0.25, 0.3) is 5.56 Å². The van der Waals surface area contributed by atoms with Gasteiger partial charge in [-0.05, 0) is 26.2 Å². The largest absolute Gasteiger partial charge is 0.394 e. The monoisotopic (exact) mass is 181 g/mol. The third-order valence-corrected chi connectivity index (χ3v) is 1.84. The van der Waals surface area contributed by atoms with Gasteiger partial charge in [-0.1, -0.05) is 0 Å². The molecule has 0 radical (unpaired) electrons. The second-order valence-corrected chi connectivity index (χ2v) is 3.27. The van der Waals surface area contributed by atoms with Crippen LogP contribution in [0.1, 0.15) is 0 Å². The molecule has 2 N–H and O–H groups in total. The Morgan fingerprint density at radius 3 is 2.85 bits per heavy atom. The lowest BCUT2D eigenvalue weighted by atomic mass is 10.4. The van der Waals surface area contributed by atoms with Crippen LogP contribution in [0.15, 0.2) is 23.1 Å². The summed E-state index contributed by atoms with van der Waals surface area (Å²) in [6, 6.07) is 3.40. The quantitative estimate of drug-likeness (QED) is 0.713. The summed E-state index contributed by atoms with van der Waals surface area (Å²) in [6.07, 6.45) is 1.75. The molecule has 1 aromatic rings. The normalized spacial score (nSPS) is 10.7. The summed E-state index contributed by atoms with van der Waals surface area (Å²) in [4.78, 5) is 13.4. The van der Waals surface area contributed by atoms with Gasteiger partial charge >= 0.3 is 0 Å². The number of nitrogens with zero attached hydrogens (tertiary/aromatic N) is 2. The van der Waals surface area contributed by atoms with Crippen LogP contribution in [0.3, 0.4) is 0 Å². The second-order valence-electron chi connectivity index (χ2n) is 3.27. The minimum Gasteiger partial charge on any atom is -0.394 e. The van der Waals surface area contributed by atoms with Crippen LogP contribution in [0.25, 0.3) is 0 Å². The number of anilines is 1. The van der Waals surface area contributed by atoms with Crippen LogP contribution in [0.5, 0.6) is 0 Å². The molecule has 0 aliphatic rings. The Morgan fingerprint density at radius 1 is 1.54 bits per heavy atom. The first kappa shape index (κ1) is 9.80. The molecule has 4 heteroatoms. The molecule has 0 unspecified atom stereocenters. The summed E-state index contributed by atoms with van der Waals surface area (Å²) >= 11 is 0. The molecule has 4 nitrogen and oxygen atoms in total. The van der Waals surface area contributed by atoms with E-state index in [1.165, 1.54) is 0 Å². The maximum atomic E-state index is 11.4. The molecular weight excluding hydrogens is 166 g/mol. The Morgan fingerprint density at radius 2 is 2.23 bits per heavy atom. The first-order chi connectivity index (χ1) is 6.11. The molecule has 13 heavy (non-hydrogen) atoms. The van der Waals surface area contributed by atoms with Crippen LogP contribution in [0, 0.1) is 0 Å². The molecule has 0 saturated carbocycles. The molecule has 1 rings (SSSR count). The molecule has 0 bridgehead atoms. The van der Waals surface area contributed by atoms with Gasteiger partial charge in [-0.15, -0.1) is 0 Å². The van der Waals surface area contributed by atoms with Gasteiger partial charge in [0.05, 0.1) is 5.69 Å². The summed E-state index contributed by atoms with van der Waals surface area (Å²) in [7, 11) is 3.94. The van der Waals surface area contributed by atoms with Crippen LogP contribution < -0.4 is 11.3 Å². The van der Waals surface area contributed by atoms with Crippen LogP contribution in [-0.4, -0.2) is 30.1 Å². The van der Waals surface area contributed by atoms with Crippen LogP contribution in [-0.2, 0) is 6.54 Å². The summed E-state index contributed by atoms with van der Waals surface area (Å²) in [5.74, 6) is 0. The van der Waals surface area contributed by atoms with Gasteiger partial charge in [0.1, 0.15) is 0 Å². The Labute approximate surface area is 77.6 Å². The summed E-state index contributed by atoms with van der Waals surface area (Å²) < 4.78 is 1.62. The van der Waals surface area contributed by atoms with E-state index in [9.17, 15) is 4.79 Å². The average molecular weight is 181 g/mol. The zero-order valence-electron chi connectivity index (χ0n) is 8.03. The first-order valence-electron chi connectivity index (χ1n) is 4.21. The predicted molar refractivity (Wildman–Crippen MR) is 53.7 cm³/mol. The fourth-order valence-corrected chi connectivity index (χ4v) is 1.04. The highest BCUT2D eigenvalue weighted by Gasteiger charge is 1.98. The number of nitrogen functional groups attached to an aromatic ring is 1. The van der Waals surface area contributed by atoms with Gasteiger partial charge in [0, 0.05) is 19.3 Å². The van der Waals surface area contributed by atoms with Crippen molar-refractivity contribution in [3.05, 3.63) is 28.7 Å². The topological polar surface area (TPSA) is 51.3 Å². The van der Waals surface area contributed by atoms with E-state index >= 15 is 0 Å². The predicted octanol–water partition coefficient (Wildman–Crippen LogP) is -0.00790. The van der Waals surface area contributed by atoms with E-state index in [2.05, 4.69) is 0 Å². The highest BCUT2D eigenvalue weighted by molar-refractivity contribution is 5.33. The smallest absolute Gasteiger partial charge is 0.273 e. The minimum atomic E-state index is -0.107. The third kappa shape index (κ3) is 2.59. The second kappa shape index (κ2) is 4.09.